The summed E-state index contributed by atoms with van der Waals surface area (Å²) in [6.45, 7) is 3.10. The quantitative estimate of drug-likeness (QED) is 0.490. The molecule has 1 fully saturated rings. The van der Waals surface area contributed by atoms with E-state index in [2.05, 4.69) is 5.10 Å². The summed E-state index contributed by atoms with van der Waals surface area (Å²) >= 11 is 0. The van der Waals surface area contributed by atoms with Gasteiger partial charge in [0.15, 0.2) is 0 Å². The zero-order valence-corrected chi connectivity index (χ0v) is 20.1. The molecule has 0 saturated carbocycles. The van der Waals surface area contributed by atoms with Crippen LogP contribution >= 0.6 is 0 Å². The van der Waals surface area contributed by atoms with E-state index in [1.54, 1.807) is 41.9 Å². The Balaban J connectivity index is 1.40. The van der Waals surface area contributed by atoms with E-state index in [1.807, 2.05) is 48.5 Å². The van der Waals surface area contributed by atoms with Crippen molar-refractivity contribution in [1.29, 1.82) is 0 Å². The van der Waals surface area contributed by atoms with Gasteiger partial charge in [-0.05, 0) is 44.0 Å². The highest BCUT2D eigenvalue weighted by Gasteiger charge is 2.29. The second-order valence-electron chi connectivity index (χ2n) is 8.61. The summed E-state index contributed by atoms with van der Waals surface area (Å²) in [7, 11) is 1.63. The summed E-state index contributed by atoms with van der Waals surface area (Å²) in [5.41, 5.74) is 3.19. The maximum atomic E-state index is 13.1. The number of carbonyl (C=O) groups excluding carboxylic acids is 3. The summed E-state index contributed by atoms with van der Waals surface area (Å²) < 4.78 is 6.89. The topological polar surface area (TPSA) is 84.7 Å². The van der Waals surface area contributed by atoms with Gasteiger partial charge in [0.1, 0.15) is 0 Å². The van der Waals surface area contributed by atoms with Crippen LogP contribution in [0.3, 0.4) is 0 Å². The number of likely N-dealkylation sites (tertiary alicyclic amines) is 1. The Labute approximate surface area is 205 Å². The van der Waals surface area contributed by atoms with Crippen molar-refractivity contribution in [2.24, 2.45) is 5.92 Å². The number of esters is 1. The fourth-order valence-electron chi connectivity index (χ4n) is 4.33. The molecule has 2 aromatic carbocycles. The Hall–Kier alpha value is -3.94. The van der Waals surface area contributed by atoms with Crippen LogP contribution in [-0.2, 0) is 14.3 Å². The summed E-state index contributed by atoms with van der Waals surface area (Å²) in [6, 6.07) is 19.1. The third-order valence-corrected chi connectivity index (χ3v) is 6.24. The van der Waals surface area contributed by atoms with Crippen LogP contribution in [0.5, 0.6) is 0 Å². The molecule has 8 heteroatoms. The molecular formula is C27H30N4O4. The maximum Gasteiger partial charge on any atom is 0.309 e. The first kappa shape index (κ1) is 24.2. The number of nitrogens with zero attached hydrogens (tertiary/aromatic N) is 4. The second kappa shape index (κ2) is 11.0. The van der Waals surface area contributed by atoms with Gasteiger partial charge in [0, 0.05) is 31.3 Å². The zero-order chi connectivity index (χ0) is 24.8. The molecule has 0 spiro atoms. The molecule has 0 unspecified atom stereocenters. The first-order chi connectivity index (χ1) is 17.0. The van der Waals surface area contributed by atoms with Crippen LogP contribution in [0.15, 0.2) is 66.9 Å². The van der Waals surface area contributed by atoms with Crippen LogP contribution < -0.4 is 0 Å². The predicted octanol–water partition coefficient (Wildman–Crippen LogP) is 3.41. The fraction of sp³-hybridized carbons (Fsp3) is 0.333. The lowest BCUT2D eigenvalue weighted by atomic mass is 9.97. The van der Waals surface area contributed by atoms with Crippen LogP contribution in [0.1, 0.15) is 30.1 Å². The second-order valence-corrected chi connectivity index (χ2v) is 8.61. The molecule has 0 N–H and O–H groups in total. The molecule has 8 nitrogen and oxygen atoms in total. The Morgan fingerprint density at radius 2 is 1.77 bits per heavy atom. The number of ether oxygens (including phenoxy) is 1. The average molecular weight is 475 g/mol. The van der Waals surface area contributed by atoms with Crippen molar-refractivity contribution in [3.05, 3.63) is 72.4 Å². The lowest BCUT2D eigenvalue weighted by Gasteiger charge is -2.32. The minimum absolute atomic E-state index is 0.0236. The largest absolute Gasteiger partial charge is 0.466 e. The van der Waals surface area contributed by atoms with Crippen LogP contribution in [0.2, 0.25) is 0 Å². The highest BCUT2D eigenvalue weighted by molar-refractivity contribution is 5.96. The number of hydrogen-bond acceptors (Lipinski definition) is 5. The molecule has 0 radical (unpaired) electrons. The molecule has 1 aliphatic rings. The Morgan fingerprint density at radius 1 is 1.03 bits per heavy atom. The van der Waals surface area contributed by atoms with Crippen LogP contribution in [0, 0.1) is 5.92 Å². The lowest BCUT2D eigenvalue weighted by molar-refractivity contribution is -0.151. The predicted molar refractivity (Wildman–Crippen MR) is 132 cm³/mol. The van der Waals surface area contributed by atoms with Crippen molar-refractivity contribution in [3.63, 3.8) is 0 Å². The number of likely N-dealkylation sites (N-methyl/N-ethyl adjacent to an activating group) is 1. The van der Waals surface area contributed by atoms with Crippen molar-refractivity contribution in [2.45, 2.75) is 19.8 Å². The molecule has 1 saturated heterocycles. The van der Waals surface area contributed by atoms with E-state index in [9.17, 15) is 14.4 Å². The highest BCUT2D eigenvalue weighted by atomic mass is 16.5. The maximum absolute atomic E-state index is 13.1. The molecule has 3 aromatic rings. The standard InChI is InChI=1S/C27H30N4O4/c1-3-35-27(34)21-13-16-30(17-14-21)25(32)19-29(2)26(33)22-10-7-11-23(18-22)31-24(12-15-28-31)20-8-5-4-6-9-20/h4-12,15,18,21H,3,13-14,16-17,19H2,1-2H3. The number of aromatic nitrogens is 2. The van der Waals surface area contributed by atoms with E-state index in [4.69, 9.17) is 4.74 Å². The third-order valence-electron chi connectivity index (χ3n) is 6.24. The number of piperidine rings is 1. The summed E-state index contributed by atoms with van der Waals surface area (Å²) in [5.74, 6) is -0.726. The van der Waals surface area contributed by atoms with Crippen LogP contribution in [-0.4, -0.2) is 70.7 Å². The normalized spacial score (nSPS) is 13.9. The van der Waals surface area contributed by atoms with Crippen LogP contribution in [0.25, 0.3) is 16.9 Å². The number of carbonyl (C=O) groups is 3. The Kier molecular flexibility index (Phi) is 7.60. The van der Waals surface area contributed by atoms with E-state index < -0.39 is 0 Å². The van der Waals surface area contributed by atoms with E-state index >= 15 is 0 Å². The van der Waals surface area contributed by atoms with E-state index in [0.717, 1.165) is 16.9 Å². The molecule has 0 bridgehead atoms. The van der Waals surface area contributed by atoms with Gasteiger partial charge in [-0.1, -0.05) is 36.4 Å². The SMILES string of the molecule is CCOC(=O)C1CCN(C(=O)CN(C)C(=O)c2cccc(-n3nccc3-c3ccccc3)c2)CC1. The van der Waals surface area contributed by atoms with Crippen molar-refractivity contribution < 1.29 is 19.1 Å². The van der Waals surface area contributed by atoms with E-state index in [0.29, 0.717) is 38.1 Å². The van der Waals surface area contributed by atoms with Gasteiger partial charge in [-0.25, -0.2) is 4.68 Å². The van der Waals surface area contributed by atoms with Gasteiger partial charge in [0.2, 0.25) is 5.91 Å². The molecule has 0 atom stereocenters. The lowest BCUT2D eigenvalue weighted by Crippen LogP contribution is -2.45. The molecule has 0 aliphatic carbocycles. The fourth-order valence-corrected chi connectivity index (χ4v) is 4.33. The minimum Gasteiger partial charge on any atom is -0.466 e. The third kappa shape index (κ3) is 5.59. The van der Waals surface area contributed by atoms with Gasteiger partial charge in [0.25, 0.3) is 5.91 Å². The molecule has 1 aliphatic heterocycles. The van der Waals surface area contributed by atoms with E-state index in [1.165, 1.54) is 4.90 Å². The smallest absolute Gasteiger partial charge is 0.309 e. The summed E-state index contributed by atoms with van der Waals surface area (Å²) in [5, 5.41) is 4.45. The van der Waals surface area contributed by atoms with Gasteiger partial charge in [-0.2, -0.15) is 5.10 Å². The van der Waals surface area contributed by atoms with Crippen LogP contribution in [0.4, 0.5) is 0 Å². The van der Waals surface area contributed by atoms with Gasteiger partial charge in [-0.3, -0.25) is 14.4 Å². The number of rotatable bonds is 7. The Bertz CT molecular complexity index is 1180. The van der Waals surface area contributed by atoms with Gasteiger partial charge in [0.05, 0.1) is 36.6 Å². The summed E-state index contributed by atoms with van der Waals surface area (Å²) in [4.78, 5) is 41.0. The Morgan fingerprint density at radius 3 is 2.49 bits per heavy atom. The van der Waals surface area contributed by atoms with Crippen molar-refractivity contribution in [1.82, 2.24) is 19.6 Å². The zero-order valence-electron chi connectivity index (χ0n) is 20.1. The number of amides is 2. The highest BCUT2D eigenvalue weighted by Crippen LogP contribution is 2.23. The monoisotopic (exact) mass is 474 g/mol. The number of hydrogen-bond donors (Lipinski definition) is 0. The molecular weight excluding hydrogens is 444 g/mol. The number of benzene rings is 2. The van der Waals surface area contributed by atoms with E-state index in [-0.39, 0.29) is 30.2 Å². The van der Waals surface area contributed by atoms with Gasteiger partial charge >= 0.3 is 5.97 Å². The first-order valence-electron chi connectivity index (χ1n) is 11.9. The molecule has 182 valence electrons. The van der Waals surface area contributed by atoms with Crippen molar-refractivity contribution >= 4 is 17.8 Å². The van der Waals surface area contributed by atoms with Gasteiger partial charge < -0.3 is 14.5 Å². The van der Waals surface area contributed by atoms with Crippen molar-refractivity contribution in [2.75, 3.05) is 33.3 Å². The molecule has 35 heavy (non-hydrogen) atoms. The molecule has 4 rings (SSSR count). The molecule has 1 aromatic heterocycles. The average Bonchev–Trinajstić information content (AvgIpc) is 3.39. The van der Waals surface area contributed by atoms with Crippen molar-refractivity contribution in [3.8, 4) is 16.9 Å². The minimum atomic E-state index is -0.241. The summed E-state index contributed by atoms with van der Waals surface area (Å²) in [6.07, 6.45) is 2.89. The molecule has 2 amide bonds. The molecule has 2 heterocycles. The first-order valence-corrected chi connectivity index (χ1v) is 11.9. The van der Waals surface area contributed by atoms with Gasteiger partial charge in [-0.15, -0.1) is 0 Å².